The second kappa shape index (κ2) is 6.46. The van der Waals surface area contributed by atoms with Crippen LogP contribution >= 0.6 is 28.1 Å². The van der Waals surface area contributed by atoms with Gasteiger partial charge in [-0.2, -0.15) is 0 Å². The molecule has 0 aromatic heterocycles. The van der Waals surface area contributed by atoms with Gasteiger partial charge in [-0.05, 0) is 34.1 Å². The quantitative estimate of drug-likeness (QED) is 0.757. The minimum atomic E-state index is -3.42. The van der Waals surface area contributed by atoms with Crippen LogP contribution in [-0.4, -0.2) is 32.9 Å². The third-order valence-electron chi connectivity index (χ3n) is 2.08. The van der Waals surface area contributed by atoms with Gasteiger partial charge in [0.1, 0.15) is 4.99 Å². The zero-order valence-corrected chi connectivity index (χ0v) is 12.9. The van der Waals surface area contributed by atoms with Crippen LogP contribution in [0.15, 0.2) is 22.7 Å². The third-order valence-corrected chi connectivity index (χ3v) is 4.20. The van der Waals surface area contributed by atoms with Crippen molar-refractivity contribution in [2.24, 2.45) is 5.73 Å². The molecular weight excluding hydrogens is 340 g/mol. The number of ether oxygens (including phenoxy) is 1. The molecule has 0 heterocycles. The number of sulfonamides is 1. The highest BCUT2D eigenvalue weighted by Crippen LogP contribution is 2.24. The van der Waals surface area contributed by atoms with Crippen LogP contribution in [0.1, 0.15) is 5.56 Å². The lowest BCUT2D eigenvalue weighted by molar-refractivity contribution is 0.217. The van der Waals surface area contributed by atoms with Gasteiger partial charge in [0.05, 0.1) is 18.0 Å². The number of thiocarbonyl (C=S) groups is 1. The van der Waals surface area contributed by atoms with Gasteiger partial charge in [-0.15, -0.1) is 0 Å². The SMILES string of the molecule is COCCS(=O)(=O)Nc1ccc(C(N)=S)cc1Br. The van der Waals surface area contributed by atoms with E-state index in [0.29, 0.717) is 15.7 Å². The monoisotopic (exact) mass is 352 g/mol. The summed E-state index contributed by atoms with van der Waals surface area (Å²) in [5.41, 5.74) is 6.58. The molecule has 8 heteroatoms. The molecule has 0 aliphatic carbocycles. The van der Waals surface area contributed by atoms with Gasteiger partial charge in [0, 0.05) is 17.1 Å². The molecule has 1 rings (SSSR count). The maximum Gasteiger partial charge on any atom is 0.235 e. The van der Waals surface area contributed by atoms with Gasteiger partial charge in [-0.3, -0.25) is 4.72 Å². The zero-order chi connectivity index (χ0) is 13.8. The Balaban J connectivity index is 2.89. The van der Waals surface area contributed by atoms with Crippen LogP contribution in [0.4, 0.5) is 5.69 Å². The van der Waals surface area contributed by atoms with Gasteiger partial charge in [-0.25, -0.2) is 8.42 Å². The van der Waals surface area contributed by atoms with Crippen LogP contribution in [-0.2, 0) is 14.8 Å². The fourth-order valence-corrected chi connectivity index (χ4v) is 2.90. The van der Waals surface area contributed by atoms with Crippen LogP contribution in [0.2, 0.25) is 0 Å². The molecule has 0 spiro atoms. The standard InChI is InChI=1S/C10H13BrN2O3S2/c1-16-4-5-18(14,15)13-9-3-2-7(10(12)17)6-8(9)11/h2-3,6,13H,4-5H2,1H3,(H2,12,17). The Labute approximate surface area is 120 Å². The molecule has 5 nitrogen and oxygen atoms in total. The average molecular weight is 353 g/mol. The van der Waals surface area contributed by atoms with E-state index in [1.807, 2.05) is 0 Å². The number of benzene rings is 1. The predicted molar refractivity (Wildman–Crippen MR) is 79.3 cm³/mol. The van der Waals surface area contributed by atoms with E-state index in [1.54, 1.807) is 18.2 Å². The van der Waals surface area contributed by atoms with E-state index in [4.69, 9.17) is 22.7 Å². The molecule has 3 N–H and O–H groups in total. The summed E-state index contributed by atoms with van der Waals surface area (Å²) in [6.45, 7) is 0.137. The normalized spacial score (nSPS) is 11.2. The number of hydrogen-bond donors (Lipinski definition) is 2. The van der Waals surface area contributed by atoms with Crippen molar-refractivity contribution in [2.75, 3.05) is 24.2 Å². The van der Waals surface area contributed by atoms with Gasteiger partial charge >= 0.3 is 0 Å². The van der Waals surface area contributed by atoms with Crippen molar-refractivity contribution in [2.45, 2.75) is 0 Å². The lowest BCUT2D eigenvalue weighted by atomic mass is 10.2. The molecule has 1 aromatic rings. The predicted octanol–water partition coefficient (Wildman–Crippen LogP) is 1.47. The summed E-state index contributed by atoms with van der Waals surface area (Å²) in [5.74, 6) is -0.104. The molecule has 18 heavy (non-hydrogen) atoms. The smallest absolute Gasteiger partial charge is 0.235 e. The third kappa shape index (κ3) is 4.52. The molecule has 100 valence electrons. The molecule has 0 aliphatic heterocycles. The number of rotatable bonds is 6. The fraction of sp³-hybridized carbons (Fsp3) is 0.300. The number of hydrogen-bond acceptors (Lipinski definition) is 4. The minimum Gasteiger partial charge on any atom is -0.389 e. The Kier molecular flexibility index (Phi) is 5.51. The first-order valence-corrected chi connectivity index (χ1v) is 7.80. The topological polar surface area (TPSA) is 81.4 Å². The van der Waals surface area contributed by atoms with Crippen LogP contribution in [0.5, 0.6) is 0 Å². The molecule has 0 radical (unpaired) electrons. The van der Waals surface area contributed by atoms with Gasteiger partial charge in [0.25, 0.3) is 0 Å². The number of halogens is 1. The number of nitrogens with two attached hydrogens (primary N) is 1. The fourth-order valence-electron chi connectivity index (χ4n) is 1.16. The van der Waals surface area contributed by atoms with E-state index in [2.05, 4.69) is 20.7 Å². The maximum absolute atomic E-state index is 11.7. The Morgan fingerprint density at radius 2 is 2.22 bits per heavy atom. The number of anilines is 1. The lowest BCUT2D eigenvalue weighted by Gasteiger charge is -2.10. The molecule has 0 saturated carbocycles. The van der Waals surface area contributed by atoms with Crippen molar-refractivity contribution >= 4 is 48.8 Å². The first-order valence-electron chi connectivity index (χ1n) is 4.94. The first kappa shape index (κ1) is 15.4. The van der Waals surface area contributed by atoms with Gasteiger partial charge in [0.15, 0.2) is 0 Å². The van der Waals surface area contributed by atoms with E-state index in [9.17, 15) is 8.42 Å². The Bertz CT molecular complexity index is 546. The minimum absolute atomic E-state index is 0.104. The highest BCUT2D eigenvalue weighted by Gasteiger charge is 2.12. The van der Waals surface area contributed by atoms with Crippen molar-refractivity contribution in [3.05, 3.63) is 28.2 Å². The summed E-state index contributed by atoms with van der Waals surface area (Å²) in [6, 6.07) is 4.92. The van der Waals surface area contributed by atoms with Crippen LogP contribution in [0.3, 0.4) is 0 Å². The summed E-state index contributed by atoms with van der Waals surface area (Å²) < 4.78 is 31.1. The van der Waals surface area contributed by atoms with Crippen LogP contribution in [0, 0.1) is 0 Å². The molecule has 1 aromatic carbocycles. The molecule has 0 unspecified atom stereocenters. The second-order valence-corrected chi connectivity index (χ2v) is 6.61. The van der Waals surface area contributed by atoms with E-state index < -0.39 is 10.0 Å². The molecule has 0 saturated heterocycles. The summed E-state index contributed by atoms with van der Waals surface area (Å²) in [4.78, 5) is 0.254. The Morgan fingerprint density at radius 3 is 2.72 bits per heavy atom. The van der Waals surface area contributed by atoms with Crippen molar-refractivity contribution in [3.8, 4) is 0 Å². The maximum atomic E-state index is 11.7. The van der Waals surface area contributed by atoms with Crippen molar-refractivity contribution in [3.63, 3.8) is 0 Å². The average Bonchev–Trinajstić information content (AvgIpc) is 2.29. The summed E-state index contributed by atoms with van der Waals surface area (Å²) >= 11 is 8.10. The van der Waals surface area contributed by atoms with E-state index in [-0.39, 0.29) is 17.3 Å². The summed E-state index contributed by atoms with van der Waals surface area (Å²) in [5, 5.41) is 0. The summed E-state index contributed by atoms with van der Waals surface area (Å²) in [6.07, 6.45) is 0. The Hall–Kier alpha value is -0.700. The first-order chi connectivity index (χ1) is 8.35. The van der Waals surface area contributed by atoms with Gasteiger partial charge in [0.2, 0.25) is 10.0 Å². The van der Waals surface area contributed by atoms with E-state index in [1.165, 1.54) is 7.11 Å². The zero-order valence-electron chi connectivity index (χ0n) is 9.64. The molecule has 0 atom stereocenters. The Morgan fingerprint density at radius 1 is 1.56 bits per heavy atom. The van der Waals surface area contributed by atoms with E-state index >= 15 is 0 Å². The van der Waals surface area contributed by atoms with Crippen molar-refractivity contribution in [1.82, 2.24) is 0 Å². The van der Waals surface area contributed by atoms with Gasteiger partial charge in [-0.1, -0.05) is 12.2 Å². The van der Waals surface area contributed by atoms with Crippen LogP contribution in [0.25, 0.3) is 0 Å². The molecule has 0 amide bonds. The van der Waals surface area contributed by atoms with E-state index in [0.717, 1.165) is 0 Å². The highest BCUT2D eigenvalue weighted by molar-refractivity contribution is 9.10. The molecule has 0 aliphatic rings. The molecule has 0 bridgehead atoms. The van der Waals surface area contributed by atoms with Crippen molar-refractivity contribution in [1.29, 1.82) is 0 Å². The van der Waals surface area contributed by atoms with Gasteiger partial charge < -0.3 is 10.5 Å². The molecule has 0 fully saturated rings. The summed E-state index contributed by atoms with van der Waals surface area (Å²) in [7, 11) is -1.97. The van der Waals surface area contributed by atoms with Crippen molar-refractivity contribution < 1.29 is 13.2 Å². The number of methoxy groups -OCH3 is 1. The largest absolute Gasteiger partial charge is 0.389 e. The lowest BCUT2D eigenvalue weighted by Crippen LogP contribution is -2.20. The second-order valence-electron chi connectivity index (χ2n) is 3.47. The number of nitrogens with one attached hydrogen (secondary N) is 1. The molecular formula is C10H13BrN2O3S2. The highest BCUT2D eigenvalue weighted by atomic mass is 79.9. The van der Waals surface area contributed by atoms with Crippen LogP contribution < -0.4 is 10.5 Å².